The van der Waals surface area contributed by atoms with Crippen LogP contribution < -0.4 is 10.9 Å². The molecule has 0 unspecified atom stereocenters. The molecule has 0 aliphatic heterocycles. The lowest BCUT2D eigenvalue weighted by molar-refractivity contribution is -0.115. The smallest absolute Gasteiger partial charge is 0.255 e. The van der Waals surface area contributed by atoms with E-state index in [1.807, 2.05) is 30.5 Å². The van der Waals surface area contributed by atoms with Crippen molar-refractivity contribution in [3.05, 3.63) is 81.5 Å². The zero-order chi connectivity index (χ0) is 20.8. The van der Waals surface area contributed by atoms with Crippen molar-refractivity contribution in [1.82, 2.24) is 9.97 Å². The van der Waals surface area contributed by atoms with Gasteiger partial charge in [-0.3, -0.25) is 9.59 Å². The highest BCUT2D eigenvalue weighted by molar-refractivity contribution is 7.98. The van der Waals surface area contributed by atoms with Crippen LogP contribution in [0.5, 0.6) is 0 Å². The molecule has 2 aromatic carbocycles. The molecule has 0 saturated carbocycles. The number of H-pyrrole nitrogens is 1. The van der Waals surface area contributed by atoms with Gasteiger partial charge < -0.3 is 10.3 Å². The van der Waals surface area contributed by atoms with Gasteiger partial charge in [0.05, 0.1) is 12.1 Å². The van der Waals surface area contributed by atoms with E-state index < -0.39 is 0 Å². The highest BCUT2D eigenvalue weighted by Crippen LogP contribution is 2.25. The summed E-state index contributed by atoms with van der Waals surface area (Å²) >= 11 is 2.89. The van der Waals surface area contributed by atoms with Crippen molar-refractivity contribution in [1.29, 1.82) is 0 Å². The van der Waals surface area contributed by atoms with Gasteiger partial charge in [-0.1, -0.05) is 36.0 Å². The van der Waals surface area contributed by atoms with Crippen molar-refractivity contribution in [2.75, 3.05) is 11.6 Å². The molecule has 0 aliphatic rings. The number of benzene rings is 2. The number of nitrogens with zero attached hydrogens (tertiary/aromatic N) is 1. The van der Waals surface area contributed by atoms with Crippen LogP contribution in [0.1, 0.15) is 16.8 Å². The number of carbonyl (C=O) groups is 1. The molecule has 0 saturated heterocycles. The Hall–Kier alpha value is -2.58. The number of anilines is 1. The summed E-state index contributed by atoms with van der Waals surface area (Å²) in [5.41, 5.74) is 2.18. The van der Waals surface area contributed by atoms with Crippen LogP contribution in [-0.4, -0.2) is 22.1 Å². The molecular formula is C21H20FN3O2S2. The Labute approximate surface area is 176 Å². The molecule has 3 rings (SSSR count). The van der Waals surface area contributed by atoms with Crippen molar-refractivity contribution in [3.8, 4) is 0 Å². The Morgan fingerprint density at radius 3 is 2.59 bits per heavy atom. The molecule has 2 N–H and O–H groups in total. The van der Waals surface area contributed by atoms with Gasteiger partial charge in [0.2, 0.25) is 5.91 Å². The van der Waals surface area contributed by atoms with Gasteiger partial charge in [-0.25, -0.2) is 9.37 Å². The van der Waals surface area contributed by atoms with Gasteiger partial charge >= 0.3 is 0 Å². The number of rotatable bonds is 7. The number of aromatic amines is 1. The molecule has 3 aromatic rings. The number of carbonyl (C=O) groups excluding carboxylic acids is 1. The van der Waals surface area contributed by atoms with E-state index in [2.05, 4.69) is 15.3 Å². The van der Waals surface area contributed by atoms with E-state index in [1.165, 1.54) is 35.7 Å². The van der Waals surface area contributed by atoms with E-state index in [1.54, 1.807) is 19.1 Å². The van der Waals surface area contributed by atoms with E-state index >= 15 is 0 Å². The molecule has 1 heterocycles. The lowest BCUT2D eigenvalue weighted by Crippen LogP contribution is -2.24. The maximum absolute atomic E-state index is 13.0. The molecule has 0 aliphatic carbocycles. The maximum atomic E-state index is 13.0. The lowest BCUT2D eigenvalue weighted by atomic mass is 10.1. The quantitative estimate of drug-likeness (QED) is 0.430. The highest BCUT2D eigenvalue weighted by atomic mass is 32.2. The molecular weight excluding hydrogens is 409 g/mol. The van der Waals surface area contributed by atoms with Crippen molar-refractivity contribution < 1.29 is 9.18 Å². The first-order chi connectivity index (χ1) is 14.0. The third kappa shape index (κ3) is 5.71. The Morgan fingerprint density at radius 1 is 1.17 bits per heavy atom. The predicted molar refractivity (Wildman–Crippen MR) is 116 cm³/mol. The molecule has 5 nitrogen and oxygen atoms in total. The van der Waals surface area contributed by atoms with Crippen LogP contribution in [0.2, 0.25) is 0 Å². The molecule has 1 amide bonds. The van der Waals surface area contributed by atoms with E-state index in [0.717, 1.165) is 16.1 Å². The molecule has 1 aromatic heterocycles. The van der Waals surface area contributed by atoms with E-state index in [4.69, 9.17) is 0 Å². The third-order valence-electron chi connectivity index (χ3n) is 4.21. The molecule has 0 bridgehead atoms. The number of hydrogen-bond donors (Lipinski definition) is 2. The number of aryl methyl sites for hydroxylation is 1. The summed E-state index contributed by atoms with van der Waals surface area (Å²) in [6.45, 7) is 1.72. The van der Waals surface area contributed by atoms with Crippen LogP contribution >= 0.6 is 23.5 Å². The van der Waals surface area contributed by atoms with Crippen molar-refractivity contribution >= 4 is 35.1 Å². The average Bonchev–Trinajstić information content (AvgIpc) is 2.71. The number of nitrogens with one attached hydrogen (secondary N) is 2. The van der Waals surface area contributed by atoms with Gasteiger partial charge in [0.1, 0.15) is 5.82 Å². The largest absolute Gasteiger partial charge is 0.325 e. The number of halogens is 1. The Morgan fingerprint density at radius 2 is 1.90 bits per heavy atom. The predicted octanol–water partition coefficient (Wildman–Crippen LogP) is 4.41. The van der Waals surface area contributed by atoms with Gasteiger partial charge in [0.25, 0.3) is 5.56 Å². The first kappa shape index (κ1) is 21.1. The first-order valence-corrected chi connectivity index (χ1v) is 11.1. The molecule has 0 spiro atoms. The van der Waals surface area contributed by atoms with Crippen molar-refractivity contribution in [2.45, 2.75) is 29.1 Å². The zero-order valence-electron chi connectivity index (χ0n) is 16.0. The van der Waals surface area contributed by atoms with Gasteiger partial charge in [0.15, 0.2) is 5.16 Å². The summed E-state index contributed by atoms with van der Waals surface area (Å²) < 4.78 is 13.0. The second-order valence-electron chi connectivity index (χ2n) is 6.28. The van der Waals surface area contributed by atoms with E-state index in [0.29, 0.717) is 22.2 Å². The van der Waals surface area contributed by atoms with Crippen LogP contribution in [0.15, 0.2) is 63.4 Å². The molecule has 0 atom stereocenters. The first-order valence-electron chi connectivity index (χ1n) is 8.86. The molecule has 8 heteroatoms. The lowest BCUT2D eigenvalue weighted by Gasteiger charge is -2.10. The second kappa shape index (κ2) is 9.76. The minimum absolute atomic E-state index is 0.0558. The van der Waals surface area contributed by atoms with Gasteiger partial charge in [0, 0.05) is 21.9 Å². The average molecular weight is 430 g/mol. The monoisotopic (exact) mass is 429 g/mol. The Bertz CT molecular complexity index is 1070. The van der Waals surface area contributed by atoms with Crippen LogP contribution in [0.3, 0.4) is 0 Å². The van der Waals surface area contributed by atoms with E-state index in [9.17, 15) is 14.0 Å². The highest BCUT2D eigenvalue weighted by Gasteiger charge is 2.14. The fourth-order valence-corrected chi connectivity index (χ4v) is 4.11. The van der Waals surface area contributed by atoms with Crippen molar-refractivity contribution in [3.63, 3.8) is 0 Å². The molecule has 29 heavy (non-hydrogen) atoms. The summed E-state index contributed by atoms with van der Waals surface area (Å²) in [4.78, 5) is 33.0. The number of aromatic nitrogens is 2. The van der Waals surface area contributed by atoms with Crippen molar-refractivity contribution in [2.24, 2.45) is 0 Å². The molecule has 0 fully saturated rings. The van der Waals surface area contributed by atoms with Crippen LogP contribution in [0, 0.1) is 12.7 Å². The summed E-state index contributed by atoms with van der Waals surface area (Å²) in [5.74, 6) is -0.00828. The van der Waals surface area contributed by atoms with Gasteiger partial charge in [-0.15, -0.1) is 11.8 Å². The fourth-order valence-electron chi connectivity index (χ4n) is 2.70. The summed E-state index contributed by atoms with van der Waals surface area (Å²) in [7, 11) is 0. The summed E-state index contributed by atoms with van der Waals surface area (Å²) in [6.07, 6.45) is 1.88. The third-order valence-corrected chi connectivity index (χ3v) is 5.95. The standard InChI is InChI=1S/C21H20FN3O2S2/c1-13-16(11-19(26)24-17-5-3-4-6-18(17)28-2)20(27)25-21(23-13)29-12-14-7-9-15(22)10-8-14/h3-10H,11-12H2,1-2H3,(H,24,26)(H,23,25,27). The Balaban J connectivity index is 1.68. The minimum Gasteiger partial charge on any atom is -0.325 e. The SMILES string of the molecule is CSc1ccccc1NC(=O)Cc1c(C)nc(SCc2ccc(F)cc2)[nH]c1=O. The minimum atomic E-state index is -0.326. The topological polar surface area (TPSA) is 74.8 Å². The summed E-state index contributed by atoms with van der Waals surface area (Å²) in [6, 6.07) is 13.7. The van der Waals surface area contributed by atoms with E-state index in [-0.39, 0.29) is 23.7 Å². The molecule has 0 radical (unpaired) electrons. The number of para-hydroxylation sites is 1. The summed E-state index contributed by atoms with van der Waals surface area (Å²) in [5, 5.41) is 3.32. The second-order valence-corrected chi connectivity index (χ2v) is 8.09. The van der Waals surface area contributed by atoms with Gasteiger partial charge in [-0.2, -0.15) is 0 Å². The maximum Gasteiger partial charge on any atom is 0.255 e. The number of amides is 1. The Kier molecular flexibility index (Phi) is 7.11. The zero-order valence-corrected chi connectivity index (χ0v) is 17.6. The normalized spacial score (nSPS) is 10.7. The van der Waals surface area contributed by atoms with Crippen LogP contribution in [-0.2, 0) is 17.0 Å². The molecule has 150 valence electrons. The fraction of sp³-hybridized carbons (Fsp3) is 0.190. The van der Waals surface area contributed by atoms with Crippen LogP contribution in [0.4, 0.5) is 10.1 Å². The van der Waals surface area contributed by atoms with Crippen LogP contribution in [0.25, 0.3) is 0 Å². The number of hydrogen-bond acceptors (Lipinski definition) is 5. The van der Waals surface area contributed by atoms with Gasteiger partial charge in [-0.05, 0) is 43.0 Å². The number of thioether (sulfide) groups is 2.